The normalized spacial score (nSPS) is 12.9. The van der Waals surface area contributed by atoms with Gasteiger partial charge in [-0.25, -0.2) is 0 Å². The molecule has 164 valence electrons. The molecule has 2 amide bonds. The number of nitrogens with zero attached hydrogens (tertiary/aromatic N) is 1. The predicted octanol–water partition coefficient (Wildman–Crippen LogP) is 3.10. The molecule has 2 aromatic rings. The lowest BCUT2D eigenvalue weighted by molar-refractivity contribution is -0.125. The monoisotopic (exact) mass is 423 g/mol. The highest BCUT2D eigenvalue weighted by Crippen LogP contribution is 2.29. The highest BCUT2D eigenvalue weighted by Gasteiger charge is 2.18. The largest absolute Gasteiger partial charge is 0.490 e. The Balaban J connectivity index is 1.51. The fourth-order valence-electron chi connectivity index (χ4n) is 3.50. The Bertz CT molecular complexity index is 942. The van der Waals surface area contributed by atoms with Gasteiger partial charge in [0.25, 0.3) is 11.8 Å². The van der Waals surface area contributed by atoms with Gasteiger partial charge in [-0.15, -0.1) is 0 Å². The lowest BCUT2D eigenvalue weighted by Crippen LogP contribution is -2.47. The number of carbonyl (C=O) groups is 2. The van der Waals surface area contributed by atoms with E-state index in [4.69, 9.17) is 9.47 Å². The Labute approximate surface area is 183 Å². The van der Waals surface area contributed by atoms with Gasteiger partial charge >= 0.3 is 0 Å². The summed E-state index contributed by atoms with van der Waals surface area (Å²) in [7, 11) is 0. The number of rotatable bonds is 8. The first-order chi connectivity index (χ1) is 15.1. The van der Waals surface area contributed by atoms with Crippen LogP contribution in [0.4, 0.5) is 5.69 Å². The zero-order chi connectivity index (χ0) is 22.1. The van der Waals surface area contributed by atoms with Crippen molar-refractivity contribution in [2.24, 2.45) is 0 Å². The molecule has 2 N–H and O–H groups in total. The second kappa shape index (κ2) is 11.1. The van der Waals surface area contributed by atoms with Gasteiger partial charge in [0.1, 0.15) is 0 Å². The number of anilines is 1. The van der Waals surface area contributed by atoms with Crippen molar-refractivity contribution in [2.75, 3.05) is 31.2 Å². The van der Waals surface area contributed by atoms with E-state index in [1.54, 1.807) is 6.08 Å². The van der Waals surface area contributed by atoms with E-state index in [1.165, 1.54) is 11.6 Å². The molecule has 1 heterocycles. The fourth-order valence-corrected chi connectivity index (χ4v) is 3.50. The molecule has 0 radical (unpaired) electrons. The van der Waals surface area contributed by atoms with Crippen LogP contribution >= 0.6 is 0 Å². The number of fused-ring (bicyclic) bond motifs is 1. The maximum absolute atomic E-state index is 12.3. The van der Waals surface area contributed by atoms with E-state index in [-0.39, 0.29) is 12.5 Å². The average molecular weight is 424 g/mol. The summed E-state index contributed by atoms with van der Waals surface area (Å²) in [5, 5.41) is 0. The van der Waals surface area contributed by atoms with Crippen LogP contribution in [0.2, 0.25) is 0 Å². The third-order valence-electron chi connectivity index (χ3n) is 4.86. The van der Waals surface area contributed by atoms with Gasteiger partial charge in [-0.1, -0.05) is 24.3 Å². The van der Waals surface area contributed by atoms with Gasteiger partial charge in [0.05, 0.1) is 19.8 Å². The third kappa shape index (κ3) is 6.25. The van der Waals surface area contributed by atoms with Crippen LogP contribution in [0.25, 0.3) is 6.08 Å². The quantitative estimate of drug-likeness (QED) is 0.504. The zero-order valence-corrected chi connectivity index (χ0v) is 18.0. The topological polar surface area (TPSA) is 79.9 Å². The molecule has 0 atom stereocenters. The van der Waals surface area contributed by atoms with Crippen LogP contribution in [0.3, 0.4) is 0 Å². The number of aryl methyl sites for hydroxylation is 1. The second-order valence-corrected chi connectivity index (χ2v) is 7.10. The standard InChI is InChI=1S/C24H29N3O4/c1-3-30-21-13-11-18(16-22(21)31-4-2)12-14-23(28)25-26-24(29)17-27-15-7-9-19-8-5-6-10-20(19)27/h5-6,8,10-14,16H,3-4,7,9,15,17H2,1-2H3,(H,25,28)(H,26,29)/b14-12+. The molecule has 0 fully saturated rings. The molecular weight excluding hydrogens is 394 g/mol. The molecule has 3 rings (SSSR count). The summed E-state index contributed by atoms with van der Waals surface area (Å²) in [6.45, 7) is 5.88. The van der Waals surface area contributed by atoms with Gasteiger partial charge in [0.2, 0.25) is 0 Å². The molecule has 2 aromatic carbocycles. The summed E-state index contributed by atoms with van der Waals surface area (Å²) in [5.41, 5.74) is 8.02. The number of ether oxygens (including phenoxy) is 2. The Morgan fingerprint density at radius 3 is 2.61 bits per heavy atom. The van der Waals surface area contributed by atoms with Crippen molar-refractivity contribution < 1.29 is 19.1 Å². The summed E-state index contributed by atoms with van der Waals surface area (Å²) in [6.07, 6.45) is 5.04. The molecule has 0 spiro atoms. The minimum absolute atomic E-state index is 0.192. The van der Waals surface area contributed by atoms with Crippen LogP contribution in [0.15, 0.2) is 48.5 Å². The Kier molecular flexibility index (Phi) is 7.92. The second-order valence-electron chi connectivity index (χ2n) is 7.10. The van der Waals surface area contributed by atoms with Gasteiger partial charge in [0, 0.05) is 18.3 Å². The van der Waals surface area contributed by atoms with Crippen molar-refractivity contribution >= 4 is 23.6 Å². The first kappa shape index (κ1) is 22.2. The van der Waals surface area contributed by atoms with Crippen LogP contribution in [0.1, 0.15) is 31.4 Å². The number of nitrogens with one attached hydrogen (secondary N) is 2. The SMILES string of the molecule is CCOc1ccc(/C=C/C(=O)NNC(=O)CN2CCCc3ccccc32)cc1OCC. The molecule has 1 aliphatic heterocycles. The van der Waals surface area contributed by atoms with Crippen molar-refractivity contribution in [3.8, 4) is 11.5 Å². The van der Waals surface area contributed by atoms with Crippen molar-refractivity contribution in [2.45, 2.75) is 26.7 Å². The first-order valence-corrected chi connectivity index (χ1v) is 10.6. The van der Waals surface area contributed by atoms with E-state index >= 15 is 0 Å². The van der Waals surface area contributed by atoms with Crippen LogP contribution < -0.4 is 25.2 Å². The molecule has 7 heteroatoms. The smallest absolute Gasteiger partial charge is 0.262 e. The van der Waals surface area contributed by atoms with Gasteiger partial charge in [-0.3, -0.25) is 20.4 Å². The fraction of sp³-hybridized carbons (Fsp3) is 0.333. The number of carbonyl (C=O) groups excluding carboxylic acids is 2. The molecule has 0 bridgehead atoms. The van der Waals surface area contributed by atoms with Crippen LogP contribution in [0.5, 0.6) is 11.5 Å². The lowest BCUT2D eigenvalue weighted by atomic mass is 10.0. The molecule has 0 aromatic heterocycles. The summed E-state index contributed by atoms with van der Waals surface area (Å²) in [6, 6.07) is 13.6. The first-order valence-electron chi connectivity index (χ1n) is 10.6. The highest BCUT2D eigenvalue weighted by atomic mass is 16.5. The van der Waals surface area contributed by atoms with Crippen molar-refractivity contribution in [1.82, 2.24) is 10.9 Å². The van der Waals surface area contributed by atoms with E-state index < -0.39 is 5.91 Å². The van der Waals surface area contributed by atoms with E-state index in [0.717, 1.165) is 30.6 Å². The third-order valence-corrected chi connectivity index (χ3v) is 4.86. The van der Waals surface area contributed by atoms with Crippen molar-refractivity contribution in [3.05, 3.63) is 59.7 Å². The highest BCUT2D eigenvalue weighted by molar-refractivity contribution is 5.93. The lowest BCUT2D eigenvalue weighted by Gasteiger charge is -2.30. The molecular formula is C24H29N3O4. The van der Waals surface area contributed by atoms with E-state index in [1.807, 2.05) is 55.1 Å². The van der Waals surface area contributed by atoms with Gasteiger partial charge in [-0.05, 0) is 62.1 Å². The van der Waals surface area contributed by atoms with Gasteiger partial charge < -0.3 is 14.4 Å². The van der Waals surface area contributed by atoms with Gasteiger partial charge in [0.15, 0.2) is 11.5 Å². The number of hydrazine groups is 1. The number of hydrogen-bond donors (Lipinski definition) is 2. The Morgan fingerprint density at radius 2 is 1.81 bits per heavy atom. The molecule has 1 aliphatic rings. The number of benzene rings is 2. The minimum atomic E-state index is -0.417. The summed E-state index contributed by atoms with van der Waals surface area (Å²) >= 11 is 0. The minimum Gasteiger partial charge on any atom is -0.490 e. The van der Waals surface area contributed by atoms with Crippen LogP contribution in [0, 0.1) is 0 Å². The summed E-state index contributed by atoms with van der Waals surface area (Å²) in [5.74, 6) is 0.608. The zero-order valence-electron chi connectivity index (χ0n) is 18.0. The van der Waals surface area contributed by atoms with E-state index in [0.29, 0.717) is 24.7 Å². The number of amides is 2. The van der Waals surface area contributed by atoms with Crippen LogP contribution in [-0.2, 0) is 16.0 Å². The molecule has 0 saturated heterocycles. The predicted molar refractivity (Wildman–Crippen MR) is 121 cm³/mol. The number of para-hydroxylation sites is 1. The molecule has 0 unspecified atom stereocenters. The van der Waals surface area contributed by atoms with Crippen LogP contribution in [-0.4, -0.2) is 38.1 Å². The average Bonchev–Trinajstić information content (AvgIpc) is 2.78. The van der Waals surface area contributed by atoms with Crippen molar-refractivity contribution in [3.63, 3.8) is 0 Å². The summed E-state index contributed by atoms with van der Waals surface area (Å²) in [4.78, 5) is 26.4. The van der Waals surface area contributed by atoms with E-state index in [9.17, 15) is 9.59 Å². The number of hydrogen-bond acceptors (Lipinski definition) is 5. The van der Waals surface area contributed by atoms with E-state index in [2.05, 4.69) is 16.9 Å². The Morgan fingerprint density at radius 1 is 1.03 bits per heavy atom. The Hall–Kier alpha value is -3.48. The maximum Gasteiger partial charge on any atom is 0.262 e. The molecule has 31 heavy (non-hydrogen) atoms. The molecule has 7 nitrogen and oxygen atoms in total. The molecule has 0 aliphatic carbocycles. The molecule has 0 saturated carbocycles. The van der Waals surface area contributed by atoms with Crippen molar-refractivity contribution in [1.29, 1.82) is 0 Å². The van der Waals surface area contributed by atoms with Gasteiger partial charge in [-0.2, -0.15) is 0 Å². The maximum atomic E-state index is 12.3. The summed E-state index contributed by atoms with van der Waals surface area (Å²) < 4.78 is 11.1.